The van der Waals surface area contributed by atoms with Gasteiger partial charge in [0, 0.05) is 26.8 Å². The van der Waals surface area contributed by atoms with Gasteiger partial charge in [0.25, 0.3) is 0 Å². The molecule has 6 atom stereocenters. The molecule has 2 heterocycles. The maximum absolute atomic E-state index is 12.6. The average molecular weight is 450 g/mol. The largest absolute Gasteiger partial charge is 0.479 e. The normalized spacial score (nSPS) is 27.3. The third-order valence-electron chi connectivity index (χ3n) is 5.48. The number of hydrogen-bond donors (Lipinski definition) is 5. The summed E-state index contributed by atoms with van der Waals surface area (Å²) in [6.07, 6.45) is -9.10. The van der Waals surface area contributed by atoms with Crippen molar-refractivity contribution in [1.82, 2.24) is 4.98 Å². The molecule has 1 saturated heterocycles. The van der Waals surface area contributed by atoms with E-state index >= 15 is 0 Å². The monoisotopic (exact) mass is 449 g/mol. The van der Waals surface area contributed by atoms with Crippen LogP contribution < -0.4 is 0 Å². The fraction of sp³-hybridized carbons (Fsp3) is 0.333. The Morgan fingerprint density at radius 3 is 2.48 bits per heavy atom. The van der Waals surface area contributed by atoms with Gasteiger partial charge in [-0.1, -0.05) is 23.7 Å². The van der Waals surface area contributed by atoms with Gasteiger partial charge in [-0.2, -0.15) is 0 Å². The summed E-state index contributed by atoms with van der Waals surface area (Å²) in [7, 11) is 0. The number of ether oxygens (including phenoxy) is 2. The second-order valence-corrected chi connectivity index (χ2v) is 7.95. The second kappa shape index (κ2) is 8.10. The van der Waals surface area contributed by atoms with E-state index in [0.29, 0.717) is 10.6 Å². The molecule has 0 radical (unpaired) electrons. The first-order valence-corrected chi connectivity index (χ1v) is 9.89. The quantitative estimate of drug-likeness (QED) is 0.376. The van der Waals surface area contributed by atoms with Crippen LogP contribution in [-0.2, 0) is 19.1 Å². The molecule has 31 heavy (non-hydrogen) atoms. The molecule has 164 valence electrons. The Kier molecular flexibility index (Phi) is 5.63. The molecule has 1 aromatic heterocycles. The summed E-state index contributed by atoms with van der Waals surface area (Å²) in [5, 5.41) is 41.2. The number of carboxylic acid groups (broad SMARTS) is 1. The number of rotatable bonds is 4. The molecule has 0 unspecified atom stereocenters. The molecule has 3 aromatic rings. The highest BCUT2D eigenvalue weighted by atomic mass is 35.5. The highest BCUT2D eigenvalue weighted by molar-refractivity contribution is 6.31. The van der Waals surface area contributed by atoms with Gasteiger partial charge >= 0.3 is 11.9 Å². The number of fused-ring (bicyclic) bond motifs is 3. The van der Waals surface area contributed by atoms with Crippen molar-refractivity contribution in [2.75, 3.05) is 0 Å². The lowest BCUT2D eigenvalue weighted by Crippen LogP contribution is -2.60. The van der Waals surface area contributed by atoms with Crippen LogP contribution in [0, 0.1) is 0 Å². The average Bonchev–Trinajstić information content (AvgIpc) is 3.10. The molecule has 0 bridgehead atoms. The Morgan fingerprint density at radius 1 is 1.03 bits per heavy atom. The minimum Gasteiger partial charge on any atom is -0.479 e. The van der Waals surface area contributed by atoms with Crippen molar-refractivity contribution < 1.29 is 39.5 Å². The lowest BCUT2D eigenvalue weighted by Gasteiger charge is -2.38. The molecule has 9 nitrogen and oxygen atoms in total. The molecule has 0 saturated carbocycles. The van der Waals surface area contributed by atoms with Crippen molar-refractivity contribution in [2.24, 2.45) is 0 Å². The summed E-state index contributed by atoms with van der Waals surface area (Å²) in [6.45, 7) is 1.58. The zero-order chi connectivity index (χ0) is 22.4. The van der Waals surface area contributed by atoms with Crippen LogP contribution in [0.1, 0.15) is 18.4 Å². The Bertz CT molecular complexity index is 1160. The van der Waals surface area contributed by atoms with E-state index in [4.69, 9.17) is 26.2 Å². The molecule has 2 aromatic carbocycles. The number of aliphatic hydroxyl groups is 3. The van der Waals surface area contributed by atoms with Gasteiger partial charge < -0.3 is 34.9 Å². The fourth-order valence-electron chi connectivity index (χ4n) is 3.66. The van der Waals surface area contributed by atoms with Crippen molar-refractivity contribution in [3.63, 3.8) is 0 Å². The molecular formula is C21H20ClNO8. The number of esters is 1. The van der Waals surface area contributed by atoms with Crippen molar-refractivity contribution in [1.29, 1.82) is 0 Å². The first-order valence-electron chi connectivity index (χ1n) is 9.51. The molecule has 1 aliphatic heterocycles. The second-order valence-electron chi connectivity index (χ2n) is 7.51. The van der Waals surface area contributed by atoms with E-state index in [1.807, 2.05) is 18.2 Å². The van der Waals surface area contributed by atoms with Crippen molar-refractivity contribution >= 4 is 45.3 Å². The Morgan fingerprint density at radius 2 is 1.77 bits per heavy atom. The number of carbonyl (C=O) groups excluding carboxylic acids is 1. The maximum Gasteiger partial charge on any atom is 0.335 e. The molecule has 1 fully saturated rings. The summed E-state index contributed by atoms with van der Waals surface area (Å²) in [5.41, 5.74) is 2.28. The number of aliphatic hydroxyl groups excluding tert-OH is 3. The van der Waals surface area contributed by atoms with Crippen LogP contribution in [0.25, 0.3) is 21.8 Å². The summed E-state index contributed by atoms with van der Waals surface area (Å²) < 4.78 is 10.1. The summed E-state index contributed by atoms with van der Waals surface area (Å²) in [4.78, 5) is 27.1. The van der Waals surface area contributed by atoms with Gasteiger partial charge in [-0.3, -0.25) is 4.79 Å². The highest BCUT2D eigenvalue weighted by Crippen LogP contribution is 2.31. The smallest absolute Gasteiger partial charge is 0.335 e. The third kappa shape index (κ3) is 3.86. The van der Waals surface area contributed by atoms with E-state index in [2.05, 4.69) is 4.98 Å². The van der Waals surface area contributed by atoms with Crippen LogP contribution in [0.3, 0.4) is 0 Å². The first kappa shape index (κ1) is 21.5. The molecular weight excluding hydrogens is 430 g/mol. The van der Waals surface area contributed by atoms with Gasteiger partial charge in [-0.15, -0.1) is 0 Å². The molecule has 0 spiro atoms. The number of hydrogen-bond acceptors (Lipinski definition) is 7. The number of carboxylic acids is 1. The van der Waals surface area contributed by atoms with Gasteiger partial charge in [-0.05, 0) is 36.8 Å². The minimum atomic E-state index is -1.86. The van der Waals surface area contributed by atoms with Crippen molar-refractivity contribution in [2.45, 2.75) is 43.5 Å². The zero-order valence-corrected chi connectivity index (χ0v) is 17.0. The van der Waals surface area contributed by atoms with E-state index < -0.39 is 48.6 Å². The van der Waals surface area contributed by atoms with Crippen LogP contribution in [0.4, 0.5) is 0 Å². The SMILES string of the molecule is C[C@H](C(=O)O[C@@H]1O[C@H](C(=O)O)[C@@H](O)[C@H](O)[C@H]1O)c1ccc2c(c1)[nH]c1ccc(Cl)cc12. The van der Waals surface area contributed by atoms with E-state index in [-0.39, 0.29) is 0 Å². The number of carbonyl (C=O) groups is 2. The number of aromatic amines is 1. The Labute approximate surface area is 180 Å². The first-order chi connectivity index (χ1) is 14.7. The number of H-pyrrole nitrogens is 1. The molecule has 0 aliphatic carbocycles. The van der Waals surface area contributed by atoms with Crippen LogP contribution in [0.15, 0.2) is 36.4 Å². The lowest BCUT2D eigenvalue weighted by molar-refractivity contribution is -0.286. The van der Waals surface area contributed by atoms with E-state index in [1.165, 1.54) is 0 Å². The molecule has 1 aliphatic rings. The molecule has 10 heteroatoms. The van der Waals surface area contributed by atoms with Crippen LogP contribution in [0.5, 0.6) is 0 Å². The van der Waals surface area contributed by atoms with Crippen LogP contribution in [0.2, 0.25) is 5.02 Å². The maximum atomic E-state index is 12.6. The van der Waals surface area contributed by atoms with Crippen LogP contribution in [-0.4, -0.2) is 68.1 Å². The Balaban J connectivity index is 1.55. The highest BCUT2D eigenvalue weighted by Gasteiger charge is 2.48. The zero-order valence-electron chi connectivity index (χ0n) is 16.2. The number of aromatic nitrogens is 1. The van der Waals surface area contributed by atoms with Crippen molar-refractivity contribution in [3.8, 4) is 0 Å². The van der Waals surface area contributed by atoms with Gasteiger partial charge in [0.15, 0.2) is 6.10 Å². The molecule has 4 rings (SSSR count). The van der Waals surface area contributed by atoms with Gasteiger partial charge in [0.05, 0.1) is 5.92 Å². The minimum absolute atomic E-state index is 0.604. The predicted octanol–water partition coefficient (Wildman–Crippen LogP) is 1.51. The van der Waals surface area contributed by atoms with E-state index in [9.17, 15) is 24.9 Å². The Hall–Kier alpha value is -2.69. The third-order valence-corrected chi connectivity index (χ3v) is 5.72. The fourth-order valence-corrected chi connectivity index (χ4v) is 3.84. The number of benzene rings is 2. The standard InChI is InChI=1S/C21H20ClNO8/c1-8(20(29)31-21-17(26)15(24)16(25)18(30-21)19(27)28)9-2-4-11-12-7-10(22)3-5-13(12)23-14(11)6-9/h2-8,15-18,21,23-26H,1H3,(H,27,28)/t8-,15-,16-,17+,18-,21-/m0/s1. The summed E-state index contributed by atoms with van der Waals surface area (Å²) in [5.74, 6) is -3.14. The summed E-state index contributed by atoms with van der Waals surface area (Å²) >= 11 is 6.08. The number of aliphatic carboxylic acids is 1. The van der Waals surface area contributed by atoms with Crippen LogP contribution >= 0.6 is 11.6 Å². The predicted molar refractivity (Wildman–Crippen MR) is 110 cm³/mol. The number of nitrogens with one attached hydrogen (secondary N) is 1. The van der Waals surface area contributed by atoms with Gasteiger partial charge in [-0.25, -0.2) is 4.79 Å². The summed E-state index contributed by atoms with van der Waals surface area (Å²) in [6, 6.07) is 10.8. The molecule has 5 N–H and O–H groups in total. The van der Waals surface area contributed by atoms with Gasteiger partial charge in [0.1, 0.15) is 18.3 Å². The van der Waals surface area contributed by atoms with E-state index in [1.54, 1.807) is 25.1 Å². The lowest BCUT2D eigenvalue weighted by atomic mass is 9.98. The van der Waals surface area contributed by atoms with E-state index in [0.717, 1.165) is 21.8 Å². The number of halogens is 1. The topological polar surface area (TPSA) is 149 Å². The van der Waals surface area contributed by atoms with Crippen molar-refractivity contribution in [3.05, 3.63) is 47.0 Å². The van der Waals surface area contributed by atoms with Gasteiger partial charge in [0.2, 0.25) is 6.29 Å². The molecule has 0 amide bonds.